The molecule has 1 N–H and O–H groups in total. The van der Waals surface area contributed by atoms with Gasteiger partial charge in [-0.2, -0.15) is 0 Å². The summed E-state index contributed by atoms with van der Waals surface area (Å²) in [5.74, 6) is -0.583. The summed E-state index contributed by atoms with van der Waals surface area (Å²) in [6.45, 7) is 0.167. The van der Waals surface area contributed by atoms with Crippen molar-refractivity contribution < 1.29 is 9.18 Å². The predicted molar refractivity (Wildman–Crippen MR) is 69.1 cm³/mol. The molecular weight excluding hydrogens is 255 g/mol. The third-order valence-corrected chi connectivity index (χ3v) is 2.32. The maximum Gasteiger partial charge on any atom is 0.253 e. The van der Waals surface area contributed by atoms with E-state index in [4.69, 9.17) is 0 Å². The number of nitrogens with one attached hydrogen (secondary N) is 1. The Bertz CT molecular complexity index is 519. The molecule has 1 amide bonds. The van der Waals surface area contributed by atoms with Gasteiger partial charge in [0.25, 0.3) is 5.91 Å². The first-order valence-electron chi connectivity index (χ1n) is 5.19. The lowest BCUT2D eigenvalue weighted by Crippen LogP contribution is -2.23. The summed E-state index contributed by atoms with van der Waals surface area (Å²) in [4.78, 5) is 15.5. The number of aromatic nitrogens is 1. The van der Waals surface area contributed by atoms with Gasteiger partial charge in [0.05, 0.1) is 5.56 Å². The van der Waals surface area contributed by atoms with Crippen molar-refractivity contribution in [1.29, 1.82) is 0 Å². The van der Waals surface area contributed by atoms with Crippen LogP contribution in [0.25, 0.3) is 0 Å². The molecule has 0 fully saturated rings. The van der Waals surface area contributed by atoms with E-state index in [1.54, 1.807) is 36.5 Å². The molecule has 1 heterocycles. The fraction of sp³-hybridized carbons (Fsp3) is 0.0769. The minimum Gasteiger partial charge on any atom is -0.348 e. The van der Waals surface area contributed by atoms with E-state index in [1.807, 2.05) is 0 Å². The van der Waals surface area contributed by atoms with Crippen LogP contribution in [-0.2, 0) is 6.54 Å². The molecule has 0 aliphatic heterocycles. The monoisotopic (exact) mass is 266 g/mol. The summed E-state index contributed by atoms with van der Waals surface area (Å²) in [5, 5.41) is 2.64. The van der Waals surface area contributed by atoms with Crippen LogP contribution in [0.2, 0.25) is 0 Å². The quantitative estimate of drug-likeness (QED) is 0.928. The summed E-state index contributed by atoms with van der Waals surface area (Å²) in [6, 6.07) is 9.68. The SMILES string of the molecule is Cl.O=C(NCc1ccccc1F)c1cccnc1. The van der Waals surface area contributed by atoms with Crippen molar-refractivity contribution in [3.63, 3.8) is 0 Å². The molecule has 2 aromatic rings. The van der Waals surface area contributed by atoms with E-state index >= 15 is 0 Å². The predicted octanol–water partition coefficient (Wildman–Crippen LogP) is 2.57. The van der Waals surface area contributed by atoms with Crippen LogP contribution in [-0.4, -0.2) is 10.9 Å². The summed E-state index contributed by atoms with van der Waals surface area (Å²) < 4.78 is 13.3. The lowest BCUT2D eigenvalue weighted by molar-refractivity contribution is 0.0950. The van der Waals surface area contributed by atoms with E-state index in [1.165, 1.54) is 12.3 Å². The Labute approximate surface area is 110 Å². The molecule has 0 spiro atoms. The van der Waals surface area contributed by atoms with Gasteiger partial charge in [0.15, 0.2) is 0 Å². The lowest BCUT2D eigenvalue weighted by atomic mass is 10.2. The topological polar surface area (TPSA) is 42.0 Å². The van der Waals surface area contributed by atoms with E-state index in [0.717, 1.165) is 0 Å². The number of benzene rings is 1. The molecule has 94 valence electrons. The zero-order valence-electron chi connectivity index (χ0n) is 9.47. The van der Waals surface area contributed by atoms with Gasteiger partial charge >= 0.3 is 0 Å². The first-order valence-corrected chi connectivity index (χ1v) is 5.19. The van der Waals surface area contributed by atoms with E-state index in [2.05, 4.69) is 10.3 Å². The molecule has 2 rings (SSSR count). The van der Waals surface area contributed by atoms with Gasteiger partial charge in [-0.1, -0.05) is 18.2 Å². The Kier molecular flexibility index (Phi) is 5.27. The minimum absolute atomic E-state index is 0. The van der Waals surface area contributed by atoms with Crippen LogP contribution in [0, 0.1) is 5.82 Å². The molecule has 18 heavy (non-hydrogen) atoms. The molecule has 1 aromatic carbocycles. The van der Waals surface area contributed by atoms with E-state index in [-0.39, 0.29) is 30.7 Å². The van der Waals surface area contributed by atoms with Gasteiger partial charge in [0, 0.05) is 24.5 Å². The van der Waals surface area contributed by atoms with Crippen LogP contribution >= 0.6 is 12.4 Å². The van der Waals surface area contributed by atoms with Crippen molar-refractivity contribution in [2.24, 2.45) is 0 Å². The highest BCUT2D eigenvalue weighted by Crippen LogP contribution is 2.06. The number of carbonyl (C=O) groups excluding carboxylic acids is 1. The zero-order chi connectivity index (χ0) is 12.1. The highest BCUT2D eigenvalue weighted by atomic mass is 35.5. The average molecular weight is 267 g/mol. The van der Waals surface area contributed by atoms with Gasteiger partial charge in [-0.05, 0) is 18.2 Å². The third-order valence-electron chi connectivity index (χ3n) is 2.32. The van der Waals surface area contributed by atoms with Crippen LogP contribution in [0.5, 0.6) is 0 Å². The van der Waals surface area contributed by atoms with Crippen molar-refractivity contribution in [2.75, 3.05) is 0 Å². The van der Waals surface area contributed by atoms with Gasteiger partial charge in [0.1, 0.15) is 5.82 Å². The van der Waals surface area contributed by atoms with Crippen LogP contribution in [0.3, 0.4) is 0 Å². The molecule has 0 saturated carbocycles. The van der Waals surface area contributed by atoms with Crippen LogP contribution in [0.15, 0.2) is 48.8 Å². The molecule has 0 aliphatic carbocycles. The minimum atomic E-state index is -0.320. The molecule has 0 saturated heterocycles. The summed E-state index contributed by atoms with van der Waals surface area (Å²) in [6.07, 6.45) is 3.06. The molecule has 1 aromatic heterocycles. The number of nitrogens with zero attached hydrogens (tertiary/aromatic N) is 1. The molecule has 0 radical (unpaired) electrons. The number of hydrogen-bond acceptors (Lipinski definition) is 2. The molecular formula is C13H12ClFN2O. The van der Waals surface area contributed by atoms with Gasteiger partial charge < -0.3 is 5.32 Å². The standard InChI is InChI=1S/C13H11FN2O.ClH/c14-12-6-2-1-4-10(12)9-16-13(17)11-5-3-7-15-8-11;/h1-8H,9H2,(H,16,17);1H. The Morgan fingerprint density at radius 1 is 1.22 bits per heavy atom. The zero-order valence-corrected chi connectivity index (χ0v) is 10.3. The molecule has 0 aliphatic rings. The van der Waals surface area contributed by atoms with Crippen molar-refractivity contribution in [1.82, 2.24) is 10.3 Å². The molecule has 0 unspecified atom stereocenters. The van der Waals surface area contributed by atoms with Gasteiger partial charge in [0.2, 0.25) is 0 Å². The normalized spacial score (nSPS) is 9.39. The van der Waals surface area contributed by atoms with Gasteiger partial charge in [-0.15, -0.1) is 12.4 Å². The van der Waals surface area contributed by atoms with Crippen LogP contribution in [0.4, 0.5) is 4.39 Å². The number of halogens is 2. The fourth-order valence-corrected chi connectivity index (χ4v) is 1.42. The van der Waals surface area contributed by atoms with Crippen molar-refractivity contribution >= 4 is 18.3 Å². The van der Waals surface area contributed by atoms with E-state index in [9.17, 15) is 9.18 Å². The van der Waals surface area contributed by atoms with Crippen LogP contribution < -0.4 is 5.32 Å². The number of amides is 1. The Balaban J connectivity index is 0.00000162. The number of rotatable bonds is 3. The number of pyridine rings is 1. The van der Waals surface area contributed by atoms with E-state index in [0.29, 0.717) is 11.1 Å². The maximum atomic E-state index is 13.3. The maximum absolute atomic E-state index is 13.3. The smallest absolute Gasteiger partial charge is 0.253 e. The van der Waals surface area contributed by atoms with Crippen LogP contribution in [0.1, 0.15) is 15.9 Å². The fourth-order valence-electron chi connectivity index (χ4n) is 1.42. The van der Waals surface area contributed by atoms with Crippen molar-refractivity contribution in [3.8, 4) is 0 Å². The second-order valence-electron chi connectivity index (χ2n) is 3.52. The summed E-state index contributed by atoms with van der Waals surface area (Å²) in [7, 11) is 0. The molecule has 3 nitrogen and oxygen atoms in total. The molecule has 5 heteroatoms. The summed E-state index contributed by atoms with van der Waals surface area (Å²) >= 11 is 0. The largest absolute Gasteiger partial charge is 0.348 e. The Hall–Kier alpha value is -1.94. The Morgan fingerprint density at radius 2 is 2.00 bits per heavy atom. The first-order chi connectivity index (χ1) is 8.27. The number of carbonyl (C=O) groups is 1. The third kappa shape index (κ3) is 3.53. The van der Waals surface area contributed by atoms with Gasteiger partial charge in [-0.3, -0.25) is 9.78 Å². The van der Waals surface area contributed by atoms with Crippen molar-refractivity contribution in [2.45, 2.75) is 6.54 Å². The first kappa shape index (κ1) is 14.1. The lowest BCUT2D eigenvalue weighted by Gasteiger charge is -2.05. The molecule has 0 bridgehead atoms. The van der Waals surface area contributed by atoms with Gasteiger partial charge in [-0.25, -0.2) is 4.39 Å². The van der Waals surface area contributed by atoms with Crippen molar-refractivity contribution in [3.05, 3.63) is 65.7 Å². The molecule has 0 atom stereocenters. The summed E-state index contributed by atoms with van der Waals surface area (Å²) in [5.41, 5.74) is 0.925. The highest BCUT2D eigenvalue weighted by molar-refractivity contribution is 5.93. The second-order valence-corrected chi connectivity index (χ2v) is 3.52. The van der Waals surface area contributed by atoms with E-state index < -0.39 is 0 Å². The highest BCUT2D eigenvalue weighted by Gasteiger charge is 2.06. The number of hydrogen-bond donors (Lipinski definition) is 1. The average Bonchev–Trinajstić information content (AvgIpc) is 2.38. The Morgan fingerprint density at radius 3 is 2.67 bits per heavy atom. The second kappa shape index (κ2) is 6.71.